The molecule has 1 aliphatic heterocycles. The van der Waals surface area contributed by atoms with Crippen LogP contribution in [0.2, 0.25) is 0 Å². The molecule has 1 aliphatic rings. The van der Waals surface area contributed by atoms with Crippen LogP contribution in [0.1, 0.15) is 28.2 Å². The third-order valence-electron chi connectivity index (χ3n) is 4.33. The third kappa shape index (κ3) is 3.86. The molecule has 0 aliphatic carbocycles. The second kappa shape index (κ2) is 7.43. The van der Waals surface area contributed by atoms with Crippen LogP contribution in [0.4, 0.5) is 5.69 Å². The number of rotatable bonds is 5. The Morgan fingerprint density at radius 1 is 1.31 bits per heavy atom. The van der Waals surface area contributed by atoms with Crippen molar-refractivity contribution in [3.8, 4) is 5.75 Å². The Morgan fingerprint density at radius 2 is 2.15 bits per heavy atom. The van der Waals surface area contributed by atoms with Crippen LogP contribution in [0.5, 0.6) is 5.75 Å². The molecule has 26 heavy (non-hydrogen) atoms. The normalized spacial score (nSPS) is 16.7. The summed E-state index contributed by atoms with van der Waals surface area (Å²) in [6.45, 7) is 3.35. The fourth-order valence-electron chi connectivity index (χ4n) is 2.99. The topological polar surface area (TPSA) is 60.5 Å². The molecule has 1 unspecified atom stereocenters. The smallest absolute Gasteiger partial charge is 0.255 e. The molecule has 0 bridgehead atoms. The molecule has 0 radical (unpaired) electrons. The third-order valence-corrected chi connectivity index (χ3v) is 5.26. The summed E-state index contributed by atoms with van der Waals surface area (Å²) < 4.78 is 12.3. The first kappa shape index (κ1) is 17.0. The standard InChI is InChI=1S/C20H20N2O3S/c1-13-21-18-9-6-15(11-19(18)26-13)22-20(23)14-4-7-16(8-5-14)25-12-17-3-2-10-24-17/h4-9,11,17H,2-3,10,12H2,1H3,(H,22,23). The van der Waals surface area contributed by atoms with E-state index in [4.69, 9.17) is 9.47 Å². The lowest BCUT2D eigenvalue weighted by Crippen LogP contribution is -2.16. The highest BCUT2D eigenvalue weighted by Gasteiger charge is 2.16. The Labute approximate surface area is 156 Å². The van der Waals surface area contributed by atoms with Crippen molar-refractivity contribution < 1.29 is 14.3 Å². The van der Waals surface area contributed by atoms with E-state index in [2.05, 4.69) is 10.3 Å². The monoisotopic (exact) mass is 368 g/mol. The van der Waals surface area contributed by atoms with Gasteiger partial charge in [-0.3, -0.25) is 4.79 Å². The van der Waals surface area contributed by atoms with Gasteiger partial charge in [0.1, 0.15) is 12.4 Å². The minimum Gasteiger partial charge on any atom is -0.491 e. The maximum Gasteiger partial charge on any atom is 0.255 e. The lowest BCUT2D eigenvalue weighted by molar-refractivity contribution is 0.0679. The van der Waals surface area contributed by atoms with Gasteiger partial charge in [0.15, 0.2) is 0 Å². The van der Waals surface area contributed by atoms with Crippen molar-refractivity contribution in [2.75, 3.05) is 18.5 Å². The lowest BCUT2D eigenvalue weighted by atomic mass is 10.2. The van der Waals surface area contributed by atoms with Crippen LogP contribution in [0.3, 0.4) is 0 Å². The first-order valence-electron chi connectivity index (χ1n) is 8.70. The maximum atomic E-state index is 12.4. The van der Waals surface area contributed by atoms with Gasteiger partial charge in [0.05, 0.1) is 21.3 Å². The Hall–Kier alpha value is -2.44. The molecule has 134 valence electrons. The molecule has 4 rings (SSSR count). The van der Waals surface area contributed by atoms with Gasteiger partial charge >= 0.3 is 0 Å². The number of aromatic nitrogens is 1. The predicted molar refractivity (Wildman–Crippen MR) is 103 cm³/mol. The lowest BCUT2D eigenvalue weighted by Gasteiger charge is -2.11. The van der Waals surface area contributed by atoms with E-state index in [1.807, 2.05) is 37.3 Å². The number of amides is 1. The summed E-state index contributed by atoms with van der Waals surface area (Å²) >= 11 is 1.62. The zero-order valence-electron chi connectivity index (χ0n) is 14.5. The van der Waals surface area contributed by atoms with Crippen LogP contribution in [0.25, 0.3) is 10.2 Å². The molecule has 1 N–H and O–H groups in total. The molecule has 3 aromatic rings. The van der Waals surface area contributed by atoms with Crippen LogP contribution in [0.15, 0.2) is 42.5 Å². The van der Waals surface area contributed by atoms with Gasteiger partial charge < -0.3 is 14.8 Å². The van der Waals surface area contributed by atoms with Gasteiger partial charge in [0, 0.05) is 17.9 Å². The minimum absolute atomic E-state index is 0.142. The van der Waals surface area contributed by atoms with Gasteiger partial charge in [0.25, 0.3) is 5.91 Å². The predicted octanol–water partition coefficient (Wildman–Crippen LogP) is 4.41. The van der Waals surface area contributed by atoms with Crippen molar-refractivity contribution in [2.24, 2.45) is 0 Å². The highest BCUT2D eigenvalue weighted by atomic mass is 32.1. The van der Waals surface area contributed by atoms with Crippen molar-refractivity contribution >= 4 is 33.1 Å². The highest BCUT2D eigenvalue weighted by Crippen LogP contribution is 2.25. The minimum atomic E-state index is -0.142. The Balaban J connectivity index is 1.38. The van der Waals surface area contributed by atoms with E-state index in [0.29, 0.717) is 12.2 Å². The van der Waals surface area contributed by atoms with E-state index in [0.717, 1.165) is 46.1 Å². The molecule has 0 saturated carbocycles. The molecular weight excluding hydrogens is 348 g/mol. The zero-order chi connectivity index (χ0) is 17.9. The number of thiazole rings is 1. The number of benzene rings is 2. The highest BCUT2D eigenvalue weighted by molar-refractivity contribution is 7.18. The molecule has 1 saturated heterocycles. The number of carbonyl (C=O) groups is 1. The first-order chi connectivity index (χ1) is 12.7. The van der Waals surface area contributed by atoms with Crippen LogP contribution in [-0.4, -0.2) is 30.2 Å². The fraction of sp³-hybridized carbons (Fsp3) is 0.300. The van der Waals surface area contributed by atoms with E-state index in [1.54, 1.807) is 23.5 Å². The second-order valence-electron chi connectivity index (χ2n) is 6.34. The molecule has 6 heteroatoms. The first-order valence-corrected chi connectivity index (χ1v) is 9.52. The molecular formula is C20H20N2O3S. The van der Waals surface area contributed by atoms with Crippen molar-refractivity contribution in [2.45, 2.75) is 25.9 Å². The Kier molecular flexibility index (Phi) is 4.86. The van der Waals surface area contributed by atoms with Crippen molar-refractivity contribution in [3.05, 3.63) is 53.0 Å². The van der Waals surface area contributed by atoms with Crippen molar-refractivity contribution in [3.63, 3.8) is 0 Å². The number of aryl methyl sites for hydroxylation is 1. The van der Waals surface area contributed by atoms with Crippen LogP contribution < -0.4 is 10.1 Å². The Bertz CT molecular complexity index is 914. The zero-order valence-corrected chi connectivity index (χ0v) is 15.3. The second-order valence-corrected chi connectivity index (χ2v) is 7.57. The van der Waals surface area contributed by atoms with Gasteiger partial charge in [-0.2, -0.15) is 0 Å². The summed E-state index contributed by atoms with van der Waals surface area (Å²) in [5.74, 6) is 0.606. The SMILES string of the molecule is Cc1nc2ccc(NC(=O)c3ccc(OCC4CCCO4)cc3)cc2s1. The Morgan fingerprint density at radius 3 is 2.92 bits per heavy atom. The average molecular weight is 368 g/mol. The maximum absolute atomic E-state index is 12.4. The molecule has 0 spiro atoms. The molecule has 2 aromatic carbocycles. The van der Waals surface area contributed by atoms with Crippen LogP contribution in [0, 0.1) is 6.92 Å². The number of anilines is 1. The number of hydrogen-bond acceptors (Lipinski definition) is 5. The molecule has 1 amide bonds. The van der Waals surface area contributed by atoms with Crippen molar-refractivity contribution in [1.29, 1.82) is 0 Å². The van der Waals surface area contributed by atoms with Gasteiger partial charge in [-0.25, -0.2) is 4.98 Å². The van der Waals surface area contributed by atoms with Gasteiger partial charge in [-0.15, -0.1) is 11.3 Å². The largest absolute Gasteiger partial charge is 0.491 e. The van der Waals surface area contributed by atoms with E-state index < -0.39 is 0 Å². The number of carbonyl (C=O) groups excluding carboxylic acids is 1. The van der Waals surface area contributed by atoms with Crippen LogP contribution in [-0.2, 0) is 4.74 Å². The summed E-state index contributed by atoms with van der Waals surface area (Å²) in [5, 5.41) is 3.95. The number of nitrogens with one attached hydrogen (secondary N) is 1. The number of nitrogens with zero attached hydrogens (tertiary/aromatic N) is 1. The quantitative estimate of drug-likeness (QED) is 0.724. The van der Waals surface area contributed by atoms with Crippen LogP contribution >= 0.6 is 11.3 Å². The molecule has 1 aromatic heterocycles. The molecule has 2 heterocycles. The fourth-order valence-corrected chi connectivity index (χ4v) is 3.85. The summed E-state index contributed by atoms with van der Waals surface area (Å²) in [6, 6.07) is 12.9. The van der Waals surface area contributed by atoms with E-state index in [-0.39, 0.29) is 12.0 Å². The van der Waals surface area contributed by atoms with Gasteiger partial charge in [-0.05, 0) is 62.2 Å². The molecule has 1 atom stereocenters. The summed E-state index contributed by atoms with van der Waals surface area (Å²) in [5.41, 5.74) is 2.32. The number of hydrogen-bond donors (Lipinski definition) is 1. The van der Waals surface area contributed by atoms with Gasteiger partial charge in [-0.1, -0.05) is 0 Å². The molecule has 1 fully saturated rings. The summed E-state index contributed by atoms with van der Waals surface area (Å²) in [4.78, 5) is 16.9. The van der Waals surface area contributed by atoms with E-state index >= 15 is 0 Å². The average Bonchev–Trinajstić information content (AvgIpc) is 3.28. The number of ether oxygens (including phenoxy) is 2. The van der Waals surface area contributed by atoms with E-state index in [1.165, 1.54) is 0 Å². The van der Waals surface area contributed by atoms with E-state index in [9.17, 15) is 4.79 Å². The van der Waals surface area contributed by atoms with Gasteiger partial charge in [0.2, 0.25) is 0 Å². The summed E-state index contributed by atoms with van der Waals surface area (Å²) in [7, 11) is 0. The number of fused-ring (bicyclic) bond motifs is 1. The summed E-state index contributed by atoms with van der Waals surface area (Å²) in [6.07, 6.45) is 2.33. The molecule has 5 nitrogen and oxygen atoms in total. The van der Waals surface area contributed by atoms with Crippen molar-refractivity contribution in [1.82, 2.24) is 4.98 Å².